The Morgan fingerprint density at radius 1 is 1.20 bits per heavy atom. The molecule has 0 aliphatic carbocycles. The van der Waals surface area contributed by atoms with Crippen molar-refractivity contribution in [2.24, 2.45) is 0 Å². The Kier molecular flexibility index (Phi) is 5.03. The smallest absolute Gasteiger partial charge is 0.259 e. The number of fused-ring (bicyclic) bond motifs is 1. The Bertz CT molecular complexity index is 1160. The summed E-state index contributed by atoms with van der Waals surface area (Å²) in [4.78, 5) is 35.7. The van der Waals surface area contributed by atoms with Crippen molar-refractivity contribution in [3.63, 3.8) is 0 Å². The summed E-state index contributed by atoms with van der Waals surface area (Å²) in [6, 6.07) is 10.7. The van der Waals surface area contributed by atoms with Gasteiger partial charge in [-0.2, -0.15) is 0 Å². The molecule has 152 valence electrons. The Balaban J connectivity index is 1.58. The van der Waals surface area contributed by atoms with Gasteiger partial charge in [0.2, 0.25) is 0 Å². The third-order valence-corrected chi connectivity index (χ3v) is 5.61. The molecule has 2 amide bonds. The number of hydrogen-bond acceptors (Lipinski definition) is 4. The molecule has 30 heavy (non-hydrogen) atoms. The van der Waals surface area contributed by atoms with Crippen LogP contribution in [0.2, 0.25) is 5.02 Å². The minimum Gasteiger partial charge on any atom is -0.348 e. The summed E-state index contributed by atoms with van der Waals surface area (Å²) >= 11 is 6.16. The maximum atomic E-state index is 13.1. The molecule has 6 nitrogen and oxygen atoms in total. The molecule has 1 aliphatic heterocycles. The first-order chi connectivity index (χ1) is 14.3. The van der Waals surface area contributed by atoms with Crippen molar-refractivity contribution in [3.05, 3.63) is 88.0 Å². The van der Waals surface area contributed by atoms with Crippen LogP contribution in [0, 0.1) is 6.92 Å². The SMILES string of the molecule is Cc1ncccc1C(=O)NCc1cncc(N2C(=O)c3ccc(Cl)cc3C2(C)C)c1. The fourth-order valence-corrected chi connectivity index (χ4v) is 4.01. The van der Waals surface area contributed by atoms with Gasteiger partial charge in [0, 0.05) is 35.2 Å². The van der Waals surface area contributed by atoms with Gasteiger partial charge in [0.1, 0.15) is 0 Å². The number of hydrogen-bond donors (Lipinski definition) is 1. The zero-order chi connectivity index (χ0) is 21.5. The number of aryl methyl sites for hydroxylation is 1. The van der Waals surface area contributed by atoms with Crippen LogP contribution >= 0.6 is 11.6 Å². The van der Waals surface area contributed by atoms with Gasteiger partial charge in [0.15, 0.2) is 0 Å². The molecule has 0 saturated heterocycles. The summed E-state index contributed by atoms with van der Waals surface area (Å²) in [7, 11) is 0. The van der Waals surface area contributed by atoms with Crippen LogP contribution < -0.4 is 10.2 Å². The number of amides is 2. The zero-order valence-corrected chi connectivity index (χ0v) is 17.7. The number of carbonyl (C=O) groups excluding carboxylic acids is 2. The third-order valence-electron chi connectivity index (χ3n) is 5.38. The number of carbonyl (C=O) groups is 2. The summed E-state index contributed by atoms with van der Waals surface area (Å²) in [6.07, 6.45) is 4.99. The average Bonchev–Trinajstić information content (AvgIpc) is 2.91. The van der Waals surface area contributed by atoms with Crippen LogP contribution in [0.4, 0.5) is 5.69 Å². The molecule has 3 aromatic rings. The summed E-state index contributed by atoms with van der Waals surface area (Å²) in [5.74, 6) is -0.300. The molecule has 1 N–H and O–H groups in total. The highest BCUT2D eigenvalue weighted by Crippen LogP contribution is 2.42. The van der Waals surface area contributed by atoms with Gasteiger partial charge < -0.3 is 5.32 Å². The van der Waals surface area contributed by atoms with E-state index in [0.29, 0.717) is 27.5 Å². The number of halogens is 1. The van der Waals surface area contributed by atoms with E-state index in [9.17, 15) is 9.59 Å². The van der Waals surface area contributed by atoms with Crippen LogP contribution in [0.25, 0.3) is 0 Å². The summed E-state index contributed by atoms with van der Waals surface area (Å²) in [6.45, 7) is 6.04. The molecule has 0 bridgehead atoms. The molecule has 0 fully saturated rings. The number of rotatable bonds is 4. The summed E-state index contributed by atoms with van der Waals surface area (Å²) < 4.78 is 0. The van der Waals surface area contributed by atoms with Gasteiger partial charge in [-0.05, 0) is 68.3 Å². The van der Waals surface area contributed by atoms with Crippen LogP contribution in [0.15, 0.2) is 55.0 Å². The van der Waals surface area contributed by atoms with Gasteiger partial charge in [-0.1, -0.05) is 11.6 Å². The third kappa shape index (κ3) is 3.44. The number of pyridine rings is 2. The Morgan fingerprint density at radius 3 is 2.77 bits per heavy atom. The van der Waals surface area contributed by atoms with Crippen molar-refractivity contribution in [1.29, 1.82) is 0 Å². The molecule has 1 aliphatic rings. The van der Waals surface area contributed by atoms with E-state index in [1.165, 1.54) is 0 Å². The van der Waals surface area contributed by atoms with E-state index in [-0.39, 0.29) is 18.4 Å². The second-order valence-electron chi connectivity index (χ2n) is 7.76. The van der Waals surface area contributed by atoms with Gasteiger partial charge in [-0.25, -0.2) is 0 Å². The lowest BCUT2D eigenvalue weighted by molar-refractivity contribution is 0.0947. The predicted octanol–water partition coefficient (Wildman–Crippen LogP) is 4.26. The second-order valence-corrected chi connectivity index (χ2v) is 8.20. The molecule has 0 unspecified atom stereocenters. The van der Waals surface area contributed by atoms with Gasteiger partial charge in [-0.15, -0.1) is 0 Å². The van der Waals surface area contributed by atoms with Gasteiger partial charge >= 0.3 is 0 Å². The van der Waals surface area contributed by atoms with E-state index in [2.05, 4.69) is 15.3 Å². The van der Waals surface area contributed by atoms with Crippen molar-refractivity contribution < 1.29 is 9.59 Å². The maximum absolute atomic E-state index is 13.1. The van der Waals surface area contributed by atoms with Gasteiger partial charge in [0.05, 0.1) is 23.0 Å². The minimum absolute atomic E-state index is 0.0966. The van der Waals surface area contributed by atoms with Crippen LogP contribution in [0.5, 0.6) is 0 Å². The molecule has 0 atom stereocenters. The number of anilines is 1. The first-order valence-corrected chi connectivity index (χ1v) is 9.95. The first-order valence-electron chi connectivity index (χ1n) is 9.57. The molecule has 0 saturated carbocycles. The molecular weight excluding hydrogens is 400 g/mol. The maximum Gasteiger partial charge on any atom is 0.259 e. The van der Waals surface area contributed by atoms with Gasteiger partial charge in [-0.3, -0.25) is 24.5 Å². The lowest BCUT2D eigenvalue weighted by atomic mass is 9.93. The van der Waals surface area contributed by atoms with E-state index in [1.54, 1.807) is 54.7 Å². The summed E-state index contributed by atoms with van der Waals surface area (Å²) in [5.41, 5.74) is 3.60. The largest absolute Gasteiger partial charge is 0.348 e. The number of nitrogens with zero attached hydrogens (tertiary/aromatic N) is 3. The highest BCUT2D eigenvalue weighted by molar-refractivity contribution is 6.31. The average molecular weight is 421 g/mol. The standard InChI is InChI=1S/C23H21ClN4O2/c1-14-18(5-4-8-26-14)21(29)27-12-15-9-17(13-25-11-15)28-22(30)19-7-6-16(24)10-20(19)23(28,2)3/h4-11,13H,12H2,1-3H3,(H,27,29). The van der Waals surface area contributed by atoms with E-state index in [4.69, 9.17) is 11.6 Å². The van der Waals surface area contributed by atoms with E-state index in [1.807, 2.05) is 26.0 Å². The molecule has 0 spiro atoms. The minimum atomic E-state index is -0.576. The second kappa shape index (κ2) is 7.54. The Labute approximate surface area is 179 Å². The Morgan fingerprint density at radius 2 is 2.00 bits per heavy atom. The molecule has 2 aromatic heterocycles. The van der Waals surface area contributed by atoms with Crippen LogP contribution in [-0.4, -0.2) is 21.8 Å². The van der Waals surface area contributed by atoms with E-state index < -0.39 is 5.54 Å². The lowest BCUT2D eigenvalue weighted by Crippen LogP contribution is -2.39. The van der Waals surface area contributed by atoms with Crippen LogP contribution in [-0.2, 0) is 12.1 Å². The van der Waals surface area contributed by atoms with Crippen LogP contribution in [0.3, 0.4) is 0 Å². The predicted molar refractivity (Wildman–Crippen MR) is 116 cm³/mol. The number of benzene rings is 1. The zero-order valence-electron chi connectivity index (χ0n) is 16.9. The monoisotopic (exact) mass is 420 g/mol. The van der Waals surface area contributed by atoms with Gasteiger partial charge in [0.25, 0.3) is 11.8 Å². The van der Waals surface area contributed by atoms with Crippen molar-refractivity contribution in [1.82, 2.24) is 15.3 Å². The number of aromatic nitrogens is 2. The number of nitrogens with one attached hydrogen (secondary N) is 1. The Hall–Kier alpha value is -3.25. The molecular formula is C23H21ClN4O2. The fraction of sp³-hybridized carbons (Fsp3) is 0.217. The normalized spacial score (nSPS) is 14.5. The highest BCUT2D eigenvalue weighted by atomic mass is 35.5. The summed E-state index contributed by atoms with van der Waals surface area (Å²) in [5, 5.41) is 3.48. The fourth-order valence-electron chi connectivity index (χ4n) is 3.84. The molecule has 4 rings (SSSR count). The van der Waals surface area contributed by atoms with Crippen molar-refractivity contribution in [2.45, 2.75) is 32.9 Å². The molecule has 1 aromatic carbocycles. The topological polar surface area (TPSA) is 75.2 Å². The lowest BCUT2D eigenvalue weighted by Gasteiger charge is -2.32. The molecule has 3 heterocycles. The quantitative estimate of drug-likeness (QED) is 0.684. The van der Waals surface area contributed by atoms with E-state index in [0.717, 1.165) is 11.1 Å². The first kappa shape index (κ1) is 20.0. The molecule has 0 radical (unpaired) electrons. The molecule has 7 heteroatoms. The highest BCUT2D eigenvalue weighted by Gasteiger charge is 2.44. The van der Waals surface area contributed by atoms with E-state index >= 15 is 0 Å². The van der Waals surface area contributed by atoms with Crippen LogP contribution in [0.1, 0.15) is 51.4 Å². The van der Waals surface area contributed by atoms with Crippen molar-refractivity contribution >= 4 is 29.1 Å². The van der Waals surface area contributed by atoms with Crippen molar-refractivity contribution in [3.8, 4) is 0 Å². The van der Waals surface area contributed by atoms with Crippen molar-refractivity contribution in [2.75, 3.05) is 4.90 Å².